The van der Waals surface area contributed by atoms with Crippen LogP contribution in [0.4, 0.5) is 5.69 Å². The maximum absolute atomic E-state index is 12.2. The average molecular weight is 379 g/mol. The molecule has 0 aromatic carbocycles. The minimum atomic E-state index is -0.803. The third kappa shape index (κ3) is 6.27. The van der Waals surface area contributed by atoms with E-state index in [-0.39, 0.29) is 11.6 Å². The Morgan fingerprint density at radius 2 is 2.19 bits per heavy atom. The van der Waals surface area contributed by atoms with Crippen molar-refractivity contribution < 1.29 is 4.21 Å². The molecule has 0 fully saturated rings. The molecule has 0 aliphatic heterocycles. The molecular weight excluding hydrogens is 356 g/mol. The summed E-state index contributed by atoms with van der Waals surface area (Å²) in [7, 11) is 3.10. The largest absolute Gasteiger partial charge is 0.380 e. The Morgan fingerprint density at radius 1 is 1.52 bits per heavy atom. The van der Waals surface area contributed by atoms with Crippen LogP contribution in [0, 0.1) is 0 Å². The highest BCUT2D eigenvalue weighted by atomic mass is 79.9. The fourth-order valence-electron chi connectivity index (χ4n) is 1.70. The van der Waals surface area contributed by atoms with E-state index in [0.29, 0.717) is 22.5 Å². The summed E-state index contributed by atoms with van der Waals surface area (Å²) in [6.45, 7) is 3.30. The van der Waals surface area contributed by atoms with Crippen LogP contribution in [0.25, 0.3) is 0 Å². The Morgan fingerprint density at radius 3 is 2.76 bits per heavy atom. The lowest BCUT2D eigenvalue weighted by Crippen LogP contribution is -2.30. The molecule has 0 spiro atoms. The predicted molar refractivity (Wildman–Crippen MR) is 91.4 cm³/mol. The van der Waals surface area contributed by atoms with Gasteiger partial charge < -0.3 is 10.2 Å². The van der Waals surface area contributed by atoms with Gasteiger partial charge in [0.2, 0.25) is 0 Å². The number of anilines is 1. The van der Waals surface area contributed by atoms with Crippen molar-refractivity contribution in [2.75, 3.05) is 38.0 Å². The van der Waals surface area contributed by atoms with E-state index in [2.05, 4.69) is 26.3 Å². The highest BCUT2D eigenvalue weighted by Crippen LogP contribution is 2.17. The van der Waals surface area contributed by atoms with Crippen molar-refractivity contribution in [1.82, 2.24) is 14.7 Å². The first-order valence-electron chi connectivity index (χ1n) is 6.78. The number of hydrogen-bond acceptors (Lipinski definition) is 5. The van der Waals surface area contributed by atoms with Gasteiger partial charge in [0, 0.05) is 35.4 Å². The summed E-state index contributed by atoms with van der Waals surface area (Å²) in [5.41, 5.74) is 0.531. The second-order valence-corrected chi connectivity index (χ2v) is 7.66. The Balaban J connectivity index is 2.75. The maximum atomic E-state index is 12.2. The molecule has 1 aromatic rings. The number of nitrogens with zero attached hydrogens (tertiary/aromatic N) is 3. The van der Waals surface area contributed by atoms with Crippen LogP contribution >= 0.6 is 15.9 Å². The van der Waals surface area contributed by atoms with Crippen LogP contribution in [0.5, 0.6) is 0 Å². The fraction of sp³-hybridized carbons (Fsp3) is 0.692. The molecular formula is C13H23BrN4O2S. The lowest BCUT2D eigenvalue weighted by atomic mass is 10.2. The van der Waals surface area contributed by atoms with Crippen LogP contribution in [0.2, 0.25) is 0 Å². The summed E-state index contributed by atoms with van der Waals surface area (Å²) >= 11 is 3.34. The van der Waals surface area contributed by atoms with Crippen LogP contribution in [0.1, 0.15) is 13.3 Å². The van der Waals surface area contributed by atoms with Gasteiger partial charge in [-0.15, -0.1) is 0 Å². The van der Waals surface area contributed by atoms with Crippen molar-refractivity contribution in [3.63, 3.8) is 0 Å². The van der Waals surface area contributed by atoms with Gasteiger partial charge in [0.05, 0.1) is 18.4 Å². The van der Waals surface area contributed by atoms with E-state index in [1.54, 1.807) is 12.5 Å². The van der Waals surface area contributed by atoms with Crippen LogP contribution in [-0.4, -0.2) is 57.6 Å². The molecule has 0 amide bonds. The molecule has 1 heterocycles. The molecule has 21 heavy (non-hydrogen) atoms. The summed E-state index contributed by atoms with van der Waals surface area (Å²) in [6, 6.07) is 0.129. The molecule has 2 atom stereocenters. The van der Waals surface area contributed by atoms with Gasteiger partial charge in [-0.2, -0.15) is 5.10 Å². The van der Waals surface area contributed by atoms with E-state index in [1.165, 1.54) is 4.68 Å². The van der Waals surface area contributed by atoms with Gasteiger partial charge in [-0.05, 0) is 43.4 Å². The third-order valence-corrected chi connectivity index (χ3v) is 4.56. The molecule has 8 heteroatoms. The van der Waals surface area contributed by atoms with Crippen molar-refractivity contribution in [3.05, 3.63) is 21.0 Å². The summed E-state index contributed by atoms with van der Waals surface area (Å²) in [5, 5.41) is 7.42. The van der Waals surface area contributed by atoms with Crippen molar-refractivity contribution in [1.29, 1.82) is 0 Å². The first-order valence-corrected chi connectivity index (χ1v) is 9.30. The first-order chi connectivity index (χ1) is 9.81. The van der Waals surface area contributed by atoms with Gasteiger partial charge in [-0.25, -0.2) is 4.68 Å². The Bertz CT molecular complexity index is 547. The number of rotatable bonds is 8. The third-order valence-electron chi connectivity index (χ3n) is 2.98. The smallest absolute Gasteiger partial charge is 0.283 e. The van der Waals surface area contributed by atoms with Crippen molar-refractivity contribution in [2.24, 2.45) is 0 Å². The minimum Gasteiger partial charge on any atom is -0.380 e. The Labute approximate surface area is 136 Å². The molecule has 1 N–H and O–H groups in total. The van der Waals surface area contributed by atoms with E-state index in [4.69, 9.17) is 0 Å². The maximum Gasteiger partial charge on any atom is 0.283 e. The van der Waals surface area contributed by atoms with E-state index < -0.39 is 10.8 Å². The zero-order valence-corrected chi connectivity index (χ0v) is 15.3. The second kappa shape index (κ2) is 8.65. The van der Waals surface area contributed by atoms with Crippen molar-refractivity contribution in [3.8, 4) is 0 Å². The molecule has 0 saturated carbocycles. The number of nitrogens with one attached hydrogen (secondary N) is 1. The minimum absolute atomic E-state index is 0.129. The van der Waals surface area contributed by atoms with Gasteiger partial charge in [0.25, 0.3) is 5.56 Å². The zero-order chi connectivity index (χ0) is 16.0. The van der Waals surface area contributed by atoms with E-state index >= 15 is 0 Å². The number of likely N-dealkylation sites (N-methyl/N-ethyl adjacent to an activating group) is 1. The predicted octanol–water partition coefficient (Wildman–Crippen LogP) is 1.14. The molecule has 1 aromatic heterocycles. The normalized spacial score (nSPS) is 14.2. The highest BCUT2D eigenvalue weighted by molar-refractivity contribution is 9.10. The van der Waals surface area contributed by atoms with Gasteiger partial charge in [-0.3, -0.25) is 9.00 Å². The molecule has 0 saturated heterocycles. The SMILES string of the molecule is CC(CCS(C)=O)Nc1cnn(CCN(C)C)c(=O)c1Br. The van der Waals surface area contributed by atoms with E-state index in [0.717, 1.165) is 13.0 Å². The Kier molecular flexibility index (Phi) is 7.55. The molecule has 0 aliphatic rings. The van der Waals surface area contributed by atoms with Gasteiger partial charge in [0.1, 0.15) is 4.47 Å². The van der Waals surface area contributed by atoms with Crippen LogP contribution in [0.15, 0.2) is 15.5 Å². The number of aromatic nitrogens is 2. The summed E-state index contributed by atoms with van der Waals surface area (Å²) < 4.78 is 13.0. The van der Waals surface area contributed by atoms with E-state index in [1.807, 2.05) is 25.9 Å². The molecule has 120 valence electrons. The number of hydrogen-bond donors (Lipinski definition) is 1. The lowest BCUT2D eigenvalue weighted by molar-refractivity contribution is 0.367. The molecule has 1 rings (SSSR count). The quantitative estimate of drug-likeness (QED) is 0.734. The van der Waals surface area contributed by atoms with Crippen LogP contribution < -0.4 is 10.9 Å². The zero-order valence-electron chi connectivity index (χ0n) is 12.9. The van der Waals surface area contributed by atoms with Crippen LogP contribution in [-0.2, 0) is 17.3 Å². The average Bonchev–Trinajstić information content (AvgIpc) is 2.40. The molecule has 0 radical (unpaired) electrons. The Hall–Kier alpha value is -0.730. The van der Waals surface area contributed by atoms with E-state index in [9.17, 15) is 9.00 Å². The van der Waals surface area contributed by atoms with Gasteiger partial charge >= 0.3 is 0 Å². The lowest BCUT2D eigenvalue weighted by Gasteiger charge is -2.16. The topological polar surface area (TPSA) is 67.2 Å². The van der Waals surface area contributed by atoms with Gasteiger partial charge in [-0.1, -0.05) is 0 Å². The van der Waals surface area contributed by atoms with Gasteiger partial charge in [0.15, 0.2) is 0 Å². The first kappa shape index (κ1) is 18.3. The van der Waals surface area contributed by atoms with Crippen molar-refractivity contribution >= 4 is 32.4 Å². The molecule has 0 bridgehead atoms. The number of halogens is 1. The van der Waals surface area contributed by atoms with Crippen molar-refractivity contribution in [2.45, 2.75) is 25.9 Å². The standard InChI is InChI=1S/C13H23BrN4O2S/c1-10(5-8-21(4)20)16-11-9-15-18(7-6-17(2)3)13(19)12(11)14/h9-10,16H,5-8H2,1-4H3. The second-order valence-electron chi connectivity index (χ2n) is 5.32. The molecule has 2 unspecified atom stereocenters. The van der Waals surface area contributed by atoms with Crippen LogP contribution in [0.3, 0.4) is 0 Å². The monoisotopic (exact) mass is 378 g/mol. The molecule has 6 nitrogen and oxygen atoms in total. The highest BCUT2D eigenvalue weighted by Gasteiger charge is 2.11. The summed E-state index contributed by atoms with van der Waals surface area (Å²) in [5.74, 6) is 0.638. The fourth-order valence-corrected chi connectivity index (χ4v) is 2.81. The summed E-state index contributed by atoms with van der Waals surface area (Å²) in [6.07, 6.45) is 4.12. The summed E-state index contributed by atoms with van der Waals surface area (Å²) in [4.78, 5) is 14.2. The molecule has 0 aliphatic carbocycles.